The lowest BCUT2D eigenvalue weighted by molar-refractivity contribution is 0.198. The zero-order valence-electron chi connectivity index (χ0n) is 19.6. The second-order valence-electron chi connectivity index (χ2n) is 8.73. The van der Waals surface area contributed by atoms with Crippen LogP contribution in [-0.2, 0) is 17.9 Å². The molecule has 3 heterocycles. The first kappa shape index (κ1) is 25.5. The fraction of sp³-hybridized carbons (Fsp3) is 0.292. The predicted molar refractivity (Wildman–Crippen MR) is 139 cm³/mol. The summed E-state index contributed by atoms with van der Waals surface area (Å²) in [5.41, 5.74) is 2.29. The minimum absolute atomic E-state index is 0.0493. The SMILES string of the molecule is CC(N[S+]([O-])C(C)(C)C)c1sc2c(OC(=O)NCc3ccco3)nc(Cl)nc2c1-c1ccccc1. The zero-order chi connectivity index (χ0) is 25.2. The monoisotopic (exact) mass is 532 g/mol. The van der Waals surface area contributed by atoms with Crippen LogP contribution in [0.25, 0.3) is 21.3 Å². The number of rotatable bonds is 7. The van der Waals surface area contributed by atoms with Crippen LogP contribution in [0.5, 0.6) is 5.88 Å². The number of hydrogen-bond acceptors (Lipinski definition) is 8. The molecule has 0 saturated carbocycles. The Bertz CT molecular complexity index is 1310. The Kier molecular flexibility index (Phi) is 7.67. The Morgan fingerprint density at radius 3 is 2.63 bits per heavy atom. The molecular weight excluding hydrogens is 508 g/mol. The van der Waals surface area contributed by atoms with Gasteiger partial charge in [-0.2, -0.15) is 4.98 Å². The van der Waals surface area contributed by atoms with Gasteiger partial charge in [-0.05, 0) is 57.0 Å². The average Bonchev–Trinajstić information content (AvgIpc) is 3.45. The molecule has 3 aromatic heterocycles. The highest BCUT2D eigenvalue weighted by atomic mass is 35.5. The number of furan rings is 1. The maximum absolute atomic E-state index is 12.8. The van der Waals surface area contributed by atoms with Crippen molar-refractivity contribution in [1.82, 2.24) is 20.0 Å². The molecule has 8 nitrogen and oxygen atoms in total. The number of amides is 1. The summed E-state index contributed by atoms with van der Waals surface area (Å²) < 4.78 is 26.9. The summed E-state index contributed by atoms with van der Waals surface area (Å²) in [6.07, 6.45) is 0.824. The third-order valence-electron chi connectivity index (χ3n) is 4.97. The van der Waals surface area contributed by atoms with E-state index in [2.05, 4.69) is 20.0 Å². The fourth-order valence-corrected chi connectivity index (χ4v) is 5.51. The summed E-state index contributed by atoms with van der Waals surface area (Å²) in [5.74, 6) is 0.638. The normalized spacial score (nSPS) is 13.5. The highest BCUT2D eigenvalue weighted by Crippen LogP contribution is 2.44. The van der Waals surface area contributed by atoms with Gasteiger partial charge in [-0.15, -0.1) is 16.1 Å². The number of carbonyl (C=O) groups is 1. The Morgan fingerprint density at radius 1 is 1.23 bits per heavy atom. The molecule has 35 heavy (non-hydrogen) atoms. The molecule has 0 radical (unpaired) electrons. The summed E-state index contributed by atoms with van der Waals surface area (Å²) in [6.45, 7) is 7.82. The van der Waals surface area contributed by atoms with E-state index in [4.69, 9.17) is 20.8 Å². The van der Waals surface area contributed by atoms with E-state index >= 15 is 0 Å². The van der Waals surface area contributed by atoms with E-state index in [-0.39, 0.29) is 23.8 Å². The van der Waals surface area contributed by atoms with Gasteiger partial charge in [0, 0.05) is 21.8 Å². The van der Waals surface area contributed by atoms with Crippen LogP contribution >= 0.6 is 22.9 Å². The lowest BCUT2D eigenvalue weighted by atomic mass is 10.0. The smallest absolute Gasteiger partial charge is 0.414 e. The molecule has 1 amide bonds. The van der Waals surface area contributed by atoms with Crippen LogP contribution in [0.1, 0.15) is 44.4 Å². The average molecular weight is 533 g/mol. The Labute approximate surface area is 215 Å². The maximum Gasteiger partial charge on any atom is 0.414 e. The lowest BCUT2D eigenvalue weighted by Gasteiger charge is -2.26. The van der Waals surface area contributed by atoms with Gasteiger partial charge in [-0.3, -0.25) is 0 Å². The van der Waals surface area contributed by atoms with E-state index in [1.807, 2.05) is 58.0 Å². The standard InChI is InChI=1S/C24H25ClN4O4S2/c1-14(29-35(31)24(2,3)4)19-17(15-9-6-5-7-10-15)18-20(34-19)21(28-22(25)27-18)33-23(30)26-13-16-11-8-12-32-16/h5-12,14,29H,13H2,1-4H3,(H,26,30). The molecule has 0 bridgehead atoms. The molecular formula is C24H25ClN4O4S2. The van der Waals surface area contributed by atoms with Crippen molar-refractivity contribution in [2.75, 3.05) is 0 Å². The number of ether oxygens (including phenoxy) is 1. The van der Waals surface area contributed by atoms with E-state index in [1.165, 1.54) is 17.6 Å². The number of nitrogens with zero attached hydrogens (tertiary/aromatic N) is 2. The summed E-state index contributed by atoms with van der Waals surface area (Å²) in [5, 5.41) is 2.58. The molecule has 2 atom stereocenters. The second kappa shape index (κ2) is 10.5. The molecule has 184 valence electrons. The summed E-state index contributed by atoms with van der Waals surface area (Å²) in [7, 11) is 0. The number of nitrogens with one attached hydrogen (secondary N) is 2. The highest BCUT2D eigenvalue weighted by molar-refractivity contribution is 7.90. The van der Waals surface area contributed by atoms with Crippen LogP contribution in [0.3, 0.4) is 0 Å². The molecule has 4 aromatic rings. The maximum atomic E-state index is 12.8. The molecule has 0 spiro atoms. The van der Waals surface area contributed by atoms with E-state index in [9.17, 15) is 9.35 Å². The van der Waals surface area contributed by atoms with Crippen molar-refractivity contribution in [2.45, 2.75) is 45.0 Å². The largest absolute Gasteiger partial charge is 0.598 e. The number of carbonyl (C=O) groups excluding carboxylic acids is 1. The molecule has 2 unspecified atom stereocenters. The Balaban J connectivity index is 1.74. The molecule has 0 saturated heterocycles. The number of fused-ring (bicyclic) bond motifs is 1. The van der Waals surface area contributed by atoms with Gasteiger partial charge in [0.25, 0.3) is 0 Å². The van der Waals surface area contributed by atoms with E-state index in [0.717, 1.165) is 16.0 Å². The molecule has 4 rings (SSSR count). The molecule has 0 aliphatic heterocycles. The van der Waals surface area contributed by atoms with Gasteiger partial charge in [0.2, 0.25) is 11.2 Å². The van der Waals surface area contributed by atoms with Crippen LogP contribution in [0.2, 0.25) is 5.28 Å². The van der Waals surface area contributed by atoms with Crippen LogP contribution in [-0.4, -0.2) is 25.4 Å². The summed E-state index contributed by atoms with van der Waals surface area (Å²) in [4.78, 5) is 22.0. The van der Waals surface area contributed by atoms with Crippen molar-refractivity contribution in [2.24, 2.45) is 0 Å². The van der Waals surface area contributed by atoms with Crippen molar-refractivity contribution < 1.29 is 18.5 Å². The quantitative estimate of drug-likeness (QED) is 0.221. The van der Waals surface area contributed by atoms with Crippen LogP contribution < -0.4 is 14.8 Å². The number of hydrogen-bond donors (Lipinski definition) is 2. The van der Waals surface area contributed by atoms with Gasteiger partial charge in [-0.1, -0.05) is 30.3 Å². The van der Waals surface area contributed by atoms with Crippen molar-refractivity contribution in [3.05, 3.63) is 64.6 Å². The van der Waals surface area contributed by atoms with Crippen molar-refractivity contribution in [3.63, 3.8) is 0 Å². The molecule has 11 heteroatoms. The van der Waals surface area contributed by atoms with E-state index < -0.39 is 22.2 Å². The van der Waals surface area contributed by atoms with Crippen LogP contribution in [0.15, 0.2) is 53.1 Å². The van der Waals surface area contributed by atoms with Crippen LogP contribution in [0, 0.1) is 0 Å². The highest BCUT2D eigenvalue weighted by Gasteiger charge is 2.31. The third kappa shape index (κ3) is 5.96. The molecule has 0 aliphatic rings. The third-order valence-corrected chi connectivity index (χ3v) is 8.17. The fourth-order valence-electron chi connectivity index (χ4n) is 3.29. The van der Waals surface area contributed by atoms with Gasteiger partial charge in [0.15, 0.2) is 0 Å². The molecule has 1 aromatic carbocycles. The lowest BCUT2D eigenvalue weighted by Crippen LogP contribution is -2.40. The van der Waals surface area contributed by atoms with Crippen molar-refractivity contribution >= 4 is 50.6 Å². The number of halogens is 1. The van der Waals surface area contributed by atoms with Gasteiger partial charge >= 0.3 is 6.09 Å². The van der Waals surface area contributed by atoms with Crippen molar-refractivity contribution in [1.29, 1.82) is 0 Å². The minimum atomic E-state index is -1.30. The van der Waals surface area contributed by atoms with Gasteiger partial charge in [-0.25, -0.2) is 9.78 Å². The number of thiophene rings is 1. The molecule has 0 fully saturated rings. The minimum Gasteiger partial charge on any atom is -0.598 e. The number of benzene rings is 1. The van der Waals surface area contributed by atoms with Gasteiger partial charge < -0.3 is 19.0 Å². The van der Waals surface area contributed by atoms with Gasteiger partial charge in [0.05, 0.1) is 24.4 Å². The first-order valence-electron chi connectivity index (χ1n) is 10.8. The molecule has 2 N–H and O–H groups in total. The van der Waals surface area contributed by atoms with E-state index in [1.54, 1.807) is 12.1 Å². The van der Waals surface area contributed by atoms with Gasteiger partial charge in [0.1, 0.15) is 15.2 Å². The van der Waals surface area contributed by atoms with E-state index in [0.29, 0.717) is 16.0 Å². The topological polar surface area (TPSA) is 112 Å². The Morgan fingerprint density at radius 2 is 1.97 bits per heavy atom. The first-order chi connectivity index (χ1) is 16.6. The zero-order valence-corrected chi connectivity index (χ0v) is 22.0. The summed E-state index contributed by atoms with van der Waals surface area (Å²) in [6, 6.07) is 12.9. The molecule has 0 aliphatic carbocycles. The van der Waals surface area contributed by atoms with Crippen molar-refractivity contribution in [3.8, 4) is 17.0 Å². The second-order valence-corrected chi connectivity index (χ2v) is 12.1. The Hall–Kier alpha value is -2.63. The van der Waals surface area contributed by atoms with Crippen LogP contribution in [0.4, 0.5) is 4.79 Å². The number of aromatic nitrogens is 2. The predicted octanol–water partition coefficient (Wildman–Crippen LogP) is 6.01. The summed E-state index contributed by atoms with van der Waals surface area (Å²) >= 11 is 6.32. The first-order valence-corrected chi connectivity index (χ1v) is 13.2.